The number of hydrogen-bond donors (Lipinski definition) is 1. The van der Waals surface area contributed by atoms with Crippen LogP contribution in [-0.4, -0.2) is 5.11 Å². The lowest BCUT2D eigenvalue weighted by Gasteiger charge is -2.09. The third kappa shape index (κ3) is 3.38. The summed E-state index contributed by atoms with van der Waals surface area (Å²) in [6.07, 6.45) is 3.57. The first-order valence-electron chi connectivity index (χ1n) is 5.19. The third-order valence-electron chi connectivity index (χ3n) is 2.32. The highest BCUT2D eigenvalue weighted by Crippen LogP contribution is 2.22. The lowest BCUT2D eigenvalue weighted by molar-refractivity contribution is 0.163. The van der Waals surface area contributed by atoms with E-state index in [1.165, 1.54) is 12.1 Å². The van der Waals surface area contributed by atoms with Gasteiger partial charge in [-0.15, -0.1) is 0 Å². The molecule has 0 amide bonds. The Morgan fingerprint density at radius 1 is 1.36 bits per heavy atom. The van der Waals surface area contributed by atoms with Gasteiger partial charge in [-0.1, -0.05) is 38.3 Å². The molecule has 0 aliphatic heterocycles. The standard InChI is InChI=1S/C12H17O2/c1-2-3-4-8-12(14)10-6-5-7-11(13)9-10/h5-7,9,12,14H,2-4,8H2,1H3. The van der Waals surface area contributed by atoms with E-state index in [9.17, 15) is 10.2 Å². The van der Waals surface area contributed by atoms with Gasteiger partial charge in [0.1, 0.15) is 0 Å². The van der Waals surface area contributed by atoms with E-state index in [2.05, 4.69) is 6.92 Å². The van der Waals surface area contributed by atoms with E-state index in [0.29, 0.717) is 0 Å². The summed E-state index contributed by atoms with van der Waals surface area (Å²) in [6, 6.07) is 6.51. The molecule has 1 aromatic carbocycles. The Labute approximate surface area is 85.2 Å². The second-order valence-electron chi connectivity index (χ2n) is 3.58. The van der Waals surface area contributed by atoms with Gasteiger partial charge >= 0.3 is 0 Å². The maximum Gasteiger partial charge on any atom is 0.179 e. The molecule has 0 bridgehead atoms. The highest BCUT2D eigenvalue weighted by Gasteiger charge is 2.07. The quantitative estimate of drug-likeness (QED) is 0.715. The van der Waals surface area contributed by atoms with Crippen molar-refractivity contribution in [3.8, 4) is 5.75 Å². The molecule has 77 valence electrons. The second kappa shape index (κ2) is 5.66. The van der Waals surface area contributed by atoms with E-state index in [1.807, 2.05) is 0 Å². The molecule has 1 aromatic rings. The SMILES string of the molecule is CCCCCC(O)c1cccc([O])c1. The molecule has 0 saturated heterocycles. The van der Waals surface area contributed by atoms with Gasteiger partial charge in [0.15, 0.2) is 5.75 Å². The maximum atomic E-state index is 11.0. The fourth-order valence-corrected chi connectivity index (χ4v) is 1.48. The van der Waals surface area contributed by atoms with Crippen LogP contribution >= 0.6 is 0 Å². The van der Waals surface area contributed by atoms with Crippen molar-refractivity contribution in [1.29, 1.82) is 0 Å². The normalized spacial score (nSPS) is 12.7. The van der Waals surface area contributed by atoms with Gasteiger partial charge < -0.3 is 5.11 Å². The number of hydrogen-bond acceptors (Lipinski definition) is 1. The van der Waals surface area contributed by atoms with Crippen molar-refractivity contribution < 1.29 is 10.2 Å². The highest BCUT2D eigenvalue weighted by molar-refractivity contribution is 5.28. The Morgan fingerprint density at radius 2 is 2.14 bits per heavy atom. The first kappa shape index (κ1) is 11.1. The van der Waals surface area contributed by atoms with E-state index in [-0.39, 0.29) is 5.75 Å². The molecule has 1 radical (unpaired) electrons. The summed E-state index contributed by atoms with van der Waals surface area (Å²) in [5.41, 5.74) is 0.744. The molecule has 0 aliphatic carbocycles. The fraction of sp³-hybridized carbons (Fsp3) is 0.500. The summed E-state index contributed by atoms with van der Waals surface area (Å²) in [6.45, 7) is 2.13. The van der Waals surface area contributed by atoms with Gasteiger partial charge in [0.2, 0.25) is 0 Å². The summed E-state index contributed by atoms with van der Waals surface area (Å²) >= 11 is 0. The molecule has 0 aromatic heterocycles. The molecule has 2 heteroatoms. The zero-order chi connectivity index (χ0) is 10.4. The van der Waals surface area contributed by atoms with Crippen LogP contribution in [0.5, 0.6) is 5.75 Å². The Morgan fingerprint density at radius 3 is 2.79 bits per heavy atom. The molecule has 2 nitrogen and oxygen atoms in total. The summed E-state index contributed by atoms with van der Waals surface area (Å²) in [5, 5.41) is 20.7. The zero-order valence-electron chi connectivity index (χ0n) is 8.57. The molecule has 1 atom stereocenters. The number of benzene rings is 1. The molecule has 1 rings (SSSR count). The number of aliphatic hydroxyl groups is 1. The molecule has 0 saturated carbocycles. The minimum Gasteiger partial charge on any atom is -0.388 e. The van der Waals surface area contributed by atoms with Crippen LogP contribution in [-0.2, 0) is 5.11 Å². The van der Waals surface area contributed by atoms with Crippen molar-refractivity contribution in [2.24, 2.45) is 0 Å². The maximum absolute atomic E-state index is 11.0. The third-order valence-corrected chi connectivity index (χ3v) is 2.32. The number of unbranched alkanes of at least 4 members (excludes halogenated alkanes) is 2. The monoisotopic (exact) mass is 193 g/mol. The van der Waals surface area contributed by atoms with E-state index in [4.69, 9.17) is 0 Å². The second-order valence-corrected chi connectivity index (χ2v) is 3.58. The van der Waals surface area contributed by atoms with E-state index < -0.39 is 6.10 Å². The van der Waals surface area contributed by atoms with Crippen LogP contribution in [0.1, 0.15) is 44.3 Å². The lowest BCUT2D eigenvalue weighted by atomic mass is 10.0. The van der Waals surface area contributed by atoms with Crippen LogP contribution in [0.15, 0.2) is 24.3 Å². The lowest BCUT2D eigenvalue weighted by Crippen LogP contribution is -1.96. The predicted molar refractivity (Wildman–Crippen MR) is 55.7 cm³/mol. The molecule has 1 unspecified atom stereocenters. The average molecular weight is 193 g/mol. The van der Waals surface area contributed by atoms with Crippen molar-refractivity contribution in [3.63, 3.8) is 0 Å². The van der Waals surface area contributed by atoms with E-state index in [0.717, 1.165) is 31.2 Å². The zero-order valence-corrected chi connectivity index (χ0v) is 8.57. The first-order chi connectivity index (χ1) is 6.74. The summed E-state index contributed by atoms with van der Waals surface area (Å²) in [7, 11) is 0. The number of rotatable bonds is 5. The van der Waals surface area contributed by atoms with Gasteiger partial charge in [0.25, 0.3) is 0 Å². The van der Waals surface area contributed by atoms with Crippen molar-refractivity contribution in [3.05, 3.63) is 29.8 Å². The van der Waals surface area contributed by atoms with Crippen LogP contribution in [0.2, 0.25) is 0 Å². The molecule has 0 fully saturated rings. The van der Waals surface area contributed by atoms with Gasteiger partial charge in [-0.25, -0.2) is 0 Å². The van der Waals surface area contributed by atoms with Gasteiger partial charge in [-0.05, 0) is 24.1 Å². The van der Waals surface area contributed by atoms with Crippen molar-refractivity contribution in [2.75, 3.05) is 0 Å². The van der Waals surface area contributed by atoms with Crippen LogP contribution in [0.3, 0.4) is 0 Å². The van der Waals surface area contributed by atoms with Crippen molar-refractivity contribution >= 4 is 0 Å². The van der Waals surface area contributed by atoms with Gasteiger partial charge in [-0.2, -0.15) is 0 Å². The summed E-state index contributed by atoms with van der Waals surface area (Å²) < 4.78 is 0. The smallest absolute Gasteiger partial charge is 0.179 e. The minimum absolute atomic E-state index is 0.0305. The fourth-order valence-electron chi connectivity index (χ4n) is 1.48. The minimum atomic E-state index is -0.476. The van der Waals surface area contributed by atoms with Gasteiger partial charge in [0.05, 0.1) is 6.10 Å². The largest absolute Gasteiger partial charge is 0.388 e. The Balaban J connectivity index is 2.47. The molecule has 0 spiro atoms. The molecular formula is C12H17O2. The van der Waals surface area contributed by atoms with Crippen molar-refractivity contribution in [2.45, 2.75) is 38.7 Å². The van der Waals surface area contributed by atoms with Gasteiger partial charge in [-0.3, -0.25) is 5.11 Å². The predicted octanol–water partition coefficient (Wildman–Crippen LogP) is 3.44. The van der Waals surface area contributed by atoms with Crippen LogP contribution < -0.4 is 0 Å². The molecular weight excluding hydrogens is 176 g/mol. The molecule has 14 heavy (non-hydrogen) atoms. The molecule has 0 aliphatic rings. The van der Waals surface area contributed by atoms with Gasteiger partial charge in [0, 0.05) is 0 Å². The average Bonchev–Trinajstić information content (AvgIpc) is 2.18. The highest BCUT2D eigenvalue weighted by atomic mass is 16.3. The topological polar surface area (TPSA) is 40.1 Å². The molecule has 0 heterocycles. The first-order valence-corrected chi connectivity index (χ1v) is 5.19. The Hall–Kier alpha value is -1.02. The summed E-state index contributed by atoms with van der Waals surface area (Å²) in [5.74, 6) is -0.0305. The number of aliphatic hydroxyl groups excluding tert-OH is 1. The molecule has 1 N–H and O–H groups in total. The Bertz CT molecular complexity index is 271. The van der Waals surface area contributed by atoms with Crippen LogP contribution in [0.4, 0.5) is 0 Å². The van der Waals surface area contributed by atoms with Crippen LogP contribution in [0, 0.1) is 0 Å². The van der Waals surface area contributed by atoms with E-state index >= 15 is 0 Å². The van der Waals surface area contributed by atoms with Crippen molar-refractivity contribution in [1.82, 2.24) is 0 Å². The summed E-state index contributed by atoms with van der Waals surface area (Å²) in [4.78, 5) is 0. The van der Waals surface area contributed by atoms with Crippen LogP contribution in [0.25, 0.3) is 0 Å². The van der Waals surface area contributed by atoms with E-state index in [1.54, 1.807) is 12.1 Å². The Kier molecular flexibility index (Phi) is 4.47.